The molecule has 0 spiro atoms. The number of rotatable bonds is 1. The second-order valence-electron chi connectivity index (χ2n) is 2.90. The second kappa shape index (κ2) is 2.49. The molecule has 0 aromatic carbocycles. The highest BCUT2D eigenvalue weighted by atomic mass is 16.6. The molecule has 0 saturated carbocycles. The van der Waals surface area contributed by atoms with Crippen molar-refractivity contribution in [2.75, 3.05) is 0 Å². The molecule has 0 saturated heterocycles. The molecule has 60 valence electrons. The van der Waals surface area contributed by atoms with Gasteiger partial charge in [0, 0.05) is 0 Å². The molecule has 3 heteroatoms. The van der Waals surface area contributed by atoms with Crippen LogP contribution in [0, 0.1) is 0 Å². The van der Waals surface area contributed by atoms with Crippen LogP contribution in [0.4, 0.5) is 0 Å². The predicted octanol–water partition coefficient (Wildman–Crippen LogP) is 1.30. The lowest BCUT2D eigenvalue weighted by Crippen LogP contribution is -2.25. The summed E-state index contributed by atoms with van der Waals surface area (Å²) in [6.07, 6.45) is 3.46. The van der Waals surface area contributed by atoms with Gasteiger partial charge in [0.05, 0.1) is 0 Å². The van der Waals surface area contributed by atoms with E-state index in [9.17, 15) is 4.79 Å². The number of aliphatic imine (C=N–C) groups is 1. The molecule has 0 aromatic heterocycles. The zero-order valence-corrected chi connectivity index (χ0v) is 6.92. The Morgan fingerprint density at radius 3 is 2.55 bits per heavy atom. The van der Waals surface area contributed by atoms with E-state index < -0.39 is 5.54 Å². The van der Waals surface area contributed by atoms with Crippen LogP contribution in [0.15, 0.2) is 17.1 Å². The molecule has 0 radical (unpaired) electrons. The fraction of sp³-hybridized carbons (Fsp3) is 0.500. The lowest BCUT2D eigenvalue weighted by molar-refractivity contribution is -0.137. The highest BCUT2D eigenvalue weighted by molar-refractivity contribution is 6.04. The Bertz CT molecular complexity index is 238. The minimum absolute atomic E-state index is 0.286. The van der Waals surface area contributed by atoms with Gasteiger partial charge in [-0.05, 0) is 26.8 Å². The number of esters is 1. The molecule has 0 aliphatic carbocycles. The van der Waals surface area contributed by atoms with Crippen LogP contribution in [0.25, 0.3) is 0 Å². The first-order chi connectivity index (χ1) is 5.06. The summed E-state index contributed by atoms with van der Waals surface area (Å²) in [4.78, 5) is 15.1. The van der Waals surface area contributed by atoms with Gasteiger partial charge in [0.2, 0.25) is 5.90 Å². The molecular formula is C8H11NO2. The van der Waals surface area contributed by atoms with Crippen molar-refractivity contribution in [2.45, 2.75) is 26.3 Å². The summed E-state index contributed by atoms with van der Waals surface area (Å²) in [5.74, 6) is 0.119. The topological polar surface area (TPSA) is 38.7 Å². The molecule has 0 unspecified atom stereocenters. The van der Waals surface area contributed by atoms with E-state index in [4.69, 9.17) is 4.74 Å². The van der Waals surface area contributed by atoms with Gasteiger partial charge in [0.1, 0.15) is 0 Å². The number of allylic oxidation sites excluding steroid dienone is 1. The van der Waals surface area contributed by atoms with Crippen LogP contribution in [-0.4, -0.2) is 17.4 Å². The fourth-order valence-corrected chi connectivity index (χ4v) is 0.778. The van der Waals surface area contributed by atoms with Gasteiger partial charge in [0.25, 0.3) is 0 Å². The summed E-state index contributed by atoms with van der Waals surface area (Å²) in [7, 11) is 0. The smallest absolute Gasteiger partial charge is 0.340 e. The Morgan fingerprint density at radius 1 is 1.55 bits per heavy atom. The van der Waals surface area contributed by atoms with Crippen LogP contribution >= 0.6 is 0 Å². The molecule has 3 nitrogen and oxygen atoms in total. The van der Waals surface area contributed by atoms with Crippen LogP contribution in [0.3, 0.4) is 0 Å². The first kappa shape index (κ1) is 7.98. The van der Waals surface area contributed by atoms with E-state index in [2.05, 4.69) is 4.99 Å². The van der Waals surface area contributed by atoms with Gasteiger partial charge in [-0.2, -0.15) is 0 Å². The van der Waals surface area contributed by atoms with Gasteiger partial charge in [-0.25, -0.2) is 9.79 Å². The number of carbonyl (C=O) groups is 1. The Hall–Kier alpha value is -1.12. The third kappa shape index (κ3) is 1.48. The van der Waals surface area contributed by atoms with Crippen LogP contribution < -0.4 is 0 Å². The summed E-state index contributed by atoms with van der Waals surface area (Å²) in [5, 5.41) is 0. The maximum absolute atomic E-state index is 11.0. The van der Waals surface area contributed by atoms with Gasteiger partial charge in [-0.15, -0.1) is 0 Å². The summed E-state index contributed by atoms with van der Waals surface area (Å²) in [5.41, 5.74) is -0.700. The van der Waals surface area contributed by atoms with E-state index >= 15 is 0 Å². The van der Waals surface area contributed by atoms with Gasteiger partial charge < -0.3 is 4.74 Å². The number of hydrogen-bond donors (Lipinski definition) is 0. The number of nitrogens with zero attached hydrogens (tertiary/aromatic N) is 1. The zero-order chi connectivity index (χ0) is 8.48. The van der Waals surface area contributed by atoms with Gasteiger partial charge in [-0.1, -0.05) is 6.08 Å². The standard InChI is InChI=1S/C8H11NO2/c1-4-5-6-9-8(2,3)7(10)11-6/h4-5H,1-3H3. The number of ether oxygens (including phenoxy) is 1. The van der Waals surface area contributed by atoms with Crippen molar-refractivity contribution in [3.8, 4) is 0 Å². The zero-order valence-electron chi connectivity index (χ0n) is 6.92. The third-order valence-electron chi connectivity index (χ3n) is 1.40. The van der Waals surface area contributed by atoms with Gasteiger partial charge >= 0.3 is 5.97 Å². The number of carbonyl (C=O) groups excluding carboxylic acids is 1. The van der Waals surface area contributed by atoms with Crippen molar-refractivity contribution >= 4 is 11.9 Å². The highest BCUT2D eigenvalue weighted by Gasteiger charge is 2.35. The molecule has 0 aromatic rings. The van der Waals surface area contributed by atoms with Crippen LogP contribution in [0.5, 0.6) is 0 Å². The van der Waals surface area contributed by atoms with Crippen LogP contribution in [-0.2, 0) is 9.53 Å². The Kier molecular flexibility index (Phi) is 1.81. The second-order valence-corrected chi connectivity index (χ2v) is 2.90. The molecular weight excluding hydrogens is 142 g/mol. The minimum atomic E-state index is -0.700. The van der Waals surface area contributed by atoms with E-state index in [0.717, 1.165) is 0 Å². The van der Waals surface area contributed by atoms with Crippen molar-refractivity contribution in [1.82, 2.24) is 0 Å². The van der Waals surface area contributed by atoms with Crippen LogP contribution in [0.1, 0.15) is 20.8 Å². The fourth-order valence-electron chi connectivity index (χ4n) is 0.778. The molecule has 0 amide bonds. The van der Waals surface area contributed by atoms with E-state index in [1.165, 1.54) is 0 Å². The normalized spacial score (nSPS) is 22.1. The predicted molar refractivity (Wildman–Crippen MR) is 42.4 cm³/mol. The molecule has 0 N–H and O–H groups in total. The van der Waals surface area contributed by atoms with E-state index in [1.807, 2.05) is 6.92 Å². The summed E-state index contributed by atoms with van der Waals surface area (Å²) in [6.45, 7) is 5.30. The Labute approximate surface area is 65.8 Å². The van der Waals surface area contributed by atoms with E-state index in [0.29, 0.717) is 5.90 Å². The number of hydrogen-bond acceptors (Lipinski definition) is 3. The first-order valence-corrected chi connectivity index (χ1v) is 3.51. The maximum atomic E-state index is 11.0. The molecule has 1 aliphatic rings. The number of cyclic esters (lactones) is 1. The van der Waals surface area contributed by atoms with Crippen LogP contribution in [0.2, 0.25) is 0 Å². The lowest BCUT2D eigenvalue weighted by Gasteiger charge is -2.05. The van der Waals surface area contributed by atoms with Gasteiger partial charge in [0.15, 0.2) is 5.54 Å². The lowest BCUT2D eigenvalue weighted by atomic mass is 10.1. The van der Waals surface area contributed by atoms with Crippen molar-refractivity contribution < 1.29 is 9.53 Å². The highest BCUT2D eigenvalue weighted by Crippen LogP contribution is 2.18. The monoisotopic (exact) mass is 153 g/mol. The maximum Gasteiger partial charge on any atom is 0.340 e. The minimum Gasteiger partial charge on any atom is -0.406 e. The molecule has 1 rings (SSSR count). The van der Waals surface area contributed by atoms with Gasteiger partial charge in [-0.3, -0.25) is 0 Å². The van der Waals surface area contributed by atoms with Crippen molar-refractivity contribution in [1.29, 1.82) is 0 Å². The van der Waals surface area contributed by atoms with Crippen molar-refractivity contribution in [3.05, 3.63) is 12.2 Å². The summed E-state index contributed by atoms with van der Waals surface area (Å²) in [6, 6.07) is 0. The van der Waals surface area contributed by atoms with Crippen molar-refractivity contribution in [2.24, 2.45) is 4.99 Å². The molecule has 1 aliphatic heterocycles. The molecule has 1 heterocycles. The SMILES string of the molecule is CC=CC1=NC(C)(C)C(=O)O1. The first-order valence-electron chi connectivity index (χ1n) is 3.51. The Morgan fingerprint density at radius 2 is 2.18 bits per heavy atom. The quantitative estimate of drug-likeness (QED) is 0.532. The van der Waals surface area contributed by atoms with Crippen molar-refractivity contribution in [3.63, 3.8) is 0 Å². The van der Waals surface area contributed by atoms with E-state index in [-0.39, 0.29) is 5.97 Å². The average Bonchev–Trinajstić information content (AvgIpc) is 2.08. The summed E-state index contributed by atoms with van der Waals surface area (Å²) >= 11 is 0. The third-order valence-corrected chi connectivity index (χ3v) is 1.40. The summed E-state index contributed by atoms with van der Waals surface area (Å²) < 4.78 is 4.84. The average molecular weight is 153 g/mol. The van der Waals surface area contributed by atoms with E-state index in [1.54, 1.807) is 26.0 Å². The molecule has 0 fully saturated rings. The Balaban J connectivity index is 2.84. The largest absolute Gasteiger partial charge is 0.406 e. The molecule has 0 atom stereocenters. The molecule has 11 heavy (non-hydrogen) atoms. The molecule has 0 bridgehead atoms.